The number of benzene rings is 2. The lowest BCUT2D eigenvalue weighted by atomic mass is 9.95. The Kier molecular flexibility index (Phi) is 7.74. The van der Waals surface area contributed by atoms with Crippen LogP contribution in [-0.2, 0) is 20.9 Å². The van der Waals surface area contributed by atoms with Gasteiger partial charge in [0.1, 0.15) is 0 Å². The second kappa shape index (κ2) is 10.9. The predicted molar refractivity (Wildman–Crippen MR) is 131 cm³/mol. The van der Waals surface area contributed by atoms with Crippen LogP contribution in [0.25, 0.3) is 5.57 Å². The summed E-state index contributed by atoms with van der Waals surface area (Å²) in [4.78, 5) is 24.4. The molecule has 0 unspecified atom stereocenters. The Labute approximate surface area is 206 Å². The molecule has 0 bridgehead atoms. The lowest BCUT2D eigenvalue weighted by Gasteiger charge is -2.26. The van der Waals surface area contributed by atoms with Gasteiger partial charge in [0, 0.05) is 34.3 Å². The van der Waals surface area contributed by atoms with Gasteiger partial charge in [-0.15, -0.1) is 0 Å². The van der Waals surface area contributed by atoms with Crippen molar-refractivity contribution < 1.29 is 24.2 Å². The predicted octanol–water partition coefficient (Wildman–Crippen LogP) is 3.31. The Balaban J connectivity index is 1.25. The maximum absolute atomic E-state index is 12.3. The summed E-state index contributed by atoms with van der Waals surface area (Å²) >= 11 is 3.38. The highest BCUT2D eigenvalue weighted by molar-refractivity contribution is 9.10. The molecule has 0 saturated heterocycles. The van der Waals surface area contributed by atoms with Crippen LogP contribution in [0.1, 0.15) is 21.5 Å². The fourth-order valence-corrected chi connectivity index (χ4v) is 4.00. The van der Waals surface area contributed by atoms with Gasteiger partial charge in [-0.25, -0.2) is 0 Å². The van der Waals surface area contributed by atoms with E-state index in [-0.39, 0.29) is 12.5 Å². The van der Waals surface area contributed by atoms with E-state index in [9.17, 15) is 14.7 Å². The van der Waals surface area contributed by atoms with Crippen molar-refractivity contribution in [3.8, 4) is 0 Å². The molecule has 8 heteroatoms. The molecule has 0 atom stereocenters. The molecule has 0 saturated carbocycles. The van der Waals surface area contributed by atoms with Gasteiger partial charge >= 0.3 is 0 Å². The minimum absolute atomic E-state index is 0.00896. The van der Waals surface area contributed by atoms with E-state index in [1.165, 1.54) is 0 Å². The third kappa shape index (κ3) is 6.09. The van der Waals surface area contributed by atoms with Gasteiger partial charge < -0.3 is 19.9 Å². The topological polar surface area (TPSA) is 96.9 Å². The van der Waals surface area contributed by atoms with E-state index in [4.69, 9.17) is 9.47 Å². The first-order chi connectivity index (χ1) is 16.4. The van der Waals surface area contributed by atoms with Crippen LogP contribution in [-0.4, -0.2) is 42.5 Å². The lowest BCUT2D eigenvalue weighted by Crippen LogP contribution is -2.37. The number of amides is 2. The summed E-state index contributed by atoms with van der Waals surface area (Å²) in [5.41, 5.74) is 2.48. The standard InChI is InChI=1S/C26H25BrN2O5/c27-20-6-7-21-22(14-20)23(25(31)29-24(21)30)16-28-15-18-8-10-26(32,11-9-18)34-13-12-33-17-19-4-2-1-3-5-19/h1-11,14,16,18,28,32H,12-13,15,17H2,(H,29,30,31)/b23-16-. The van der Waals surface area contributed by atoms with Gasteiger partial charge in [-0.05, 0) is 35.9 Å². The number of imide groups is 1. The second-order valence-corrected chi connectivity index (χ2v) is 8.88. The summed E-state index contributed by atoms with van der Waals surface area (Å²) < 4.78 is 11.9. The molecule has 1 aliphatic heterocycles. The molecular formula is C26H25BrN2O5. The van der Waals surface area contributed by atoms with Crippen molar-refractivity contribution in [1.29, 1.82) is 0 Å². The molecule has 1 heterocycles. The van der Waals surface area contributed by atoms with Crippen LogP contribution in [0.5, 0.6) is 0 Å². The van der Waals surface area contributed by atoms with Gasteiger partial charge in [0.15, 0.2) is 0 Å². The molecule has 2 aromatic rings. The average molecular weight is 525 g/mol. The zero-order valence-corrected chi connectivity index (χ0v) is 20.0. The third-order valence-electron chi connectivity index (χ3n) is 5.42. The number of aliphatic hydroxyl groups is 1. The Morgan fingerprint density at radius 2 is 1.79 bits per heavy atom. The first kappa shape index (κ1) is 24.1. The number of nitrogens with one attached hydrogen (secondary N) is 2. The number of carbonyl (C=O) groups excluding carboxylic acids is 2. The van der Waals surface area contributed by atoms with Crippen LogP contribution < -0.4 is 10.6 Å². The maximum Gasteiger partial charge on any atom is 0.260 e. The largest absolute Gasteiger partial charge is 0.389 e. The van der Waals surface area contributed by atoms with Crippen LogP contribution in [0.3, 0.4) is 0 Å². The Hall–Kier alpha value is -3.04. The van der Waals surface area contributed by atoms with Crippen molar-refractivity contribution in [1.82, 2.24) is 10.6 Å². The van der Waals surface area contributed by atoms with E-state index < -0.39 is 17.6 Å². The van der Waals surface area contributed by atoms with Gasteiger partial charge in [-0.1, -0.05) is 58.4 Å². The van der Waals surface area contributed by atoms with Crippen molar-refractivity contribution >= 4 is 33.3 Å². The zero-order valence-electron chi connectivity index (χ0n) is 18.4. The molecule has 0 spiro atoms. The van der Waals surface area contributed by atoms with Gasteiger partial charge in [0.05, 0.1) is 25.4 Å². The highest BCUT2D eigenvalue weighted by Gasteiger charge is 2.28. The molecular weight excluding hydrogens is 500 g/mol. The number of hydrogen-bond acceptors (Lipinski definition) is 6. The van der Waals surface area contributed by atoms with Crippen molar-refractivity contribution in [2.24, 2.45) is 5.92 Å². The number of ether oxygens (including phenoxy) is 2. The molecule has 2 aliphatic rings. The number of rotatable bonds is 9. The molecule has 7 nitrogen and oxygen atoms in total. The molecule has 2 aromatic carbocycles. The van der Waals surface area contributed by atoms with Crippen LogP contribution in [0.4, 0.5) is 0 Å². The number of halogens is 1. The lowest BCUT2D eigenvalue weighted by molar-refractivity contribution is -0.142. The van der Waals surface area contributed by atoms with E-state index >= 15 is 0 Å². The summed E-state index contributed by atoms with van der Waals surface area (Å²) in [6, 6.07) is 15.0. The van der Waals surface area contributed by atoms with Crippen molar-refractivity contribution in [2.45, 2.75) is 12.4 Å². The molecule has 0 aromatic heterocycles. The summed E-state index contributed by atoms with van der Waals surface area (Å²) in [5.74, 6) is -2.34. The molecule has 3 N–H and O–H groups in total. The van der Waals surface area contributed by atoms with Gasteiger partial charge in [0.2, 0.25) is 5.79 Å². The molecule has 176 valence electrons. The Bertz CT molecular complexity index is 1130. The fraction of sp³-hybridized carbons (Fsp3) is 0.231. The SMILES string of the molecule is O=C1NC(=O)c2ccc(Br)cc2/C1=C/NCC1C=CC(O)(OCCOCc2ccccc2)C=C1. The van der Waals surface area contributed by atoms with E-state index in [2.05, 4.69) is 26.6 Å². The average Bonchev–Trinajstić information content (AvgIpc) is 2.83. The monoisotopic (exact) mass is 524 g/mol. The van der Waals surface area contributed by atoms with Gasteiger partial charge in [0.25, 0.3) is 11.8 Å². The molecule has 0 fully saturated rings. The number of hydrogen-bond donors (Lipinski definition) is 3. The zero-order chi connectivity index (χ0) is 24.0. The second-order valence-electron chi connectivity index (χ2n) is 7.96. The Morgan fingerprint density at radius 1 is 1.03 bits per heavy atom. The van der Waals surface area contributed by atoms with Crippen LogP contribution in [0.15, 0.2) is 83.5 Å². The number of carbonyl (C=O) groups is 2. The molecule has 34 heavy (non-hydrogen) atoms. The highest BCUT2D eigenvalue weighted by atomic mass is 79.9. The number of fused-ring (bicyclic) bond motifs is 1. The summed E-state index contributed by atoms with van der Waals surface area (Å²) in [7, 11) is 0. The molecule has 2 amide bonds. The van der Waals surface area contributed by atoms with Crippen LogP contribution in [0.2, 0.25) is 0 Å². The molecule has 1 aliphatic carbocycles. The quantitative estimate of drug-likeness (QED) is 0.153. The van der Waals surface area contributed by atoms with Crippen molar-refractivity contribution in [3.05, 3.63) is 100 Å². The minimum atomic E-state index is -1.47. The maximum atomic E-state index is 12.3. The van der Waals surface area contributed by atoms with Crippen molar-refractivity contribution in [3.63, 3.8) is 0 Å². The first-order valence-electron chi connectivity index (χ1n) is 10.9. The summed E-state index contributed by atoms with van der Waals surface area (Å²) in [6.45, 7) is 1.60. The van der Waals surface area contributed by atoms with E-state index in [0.29, 0.717) is 36.5 Å². The van der Waals surface area contributed by atoms with E-state index in [1.54, 1.807) is 36.6 Å². The molecule has 0 radical (unpaired) electrons. The fourth-order valence-electron chi connectivity index (χ4n) is 3.64. The van der Waals surface area contributed by atoms with E-state index in [0.717, 1.165) is 10.0 Å². The summed E-state index contributed by atoms with van der Waals surface area (Å²) in [5, 5.41) is 16.0. The summed E-state index contributed by atoms with van der Waals surface area (Å²) in [6.07, 6.45) is 8.48. The normalized spacial score (nSPS) is 22.5. The third-order valence-corrected chi connectivity index (χ3v) is 5.92. The van der Waals surface area contributed by atoms with Gasteiger partial charge in [-0.3, -0.25) is 14.9 Å². The van der Waals surface area contributed by atoms with Crippen LogP contribution in [0, 0.1) is 5.92 Å². The van der Waals surface area contributed by atoms with Crippen molar-refractivity contribution in [2.75, 3.05) is 19.8 Å². The van der Waals surface area contributed by atoms with Crippen LogP contribution >= 0.6 is 15.9 Å². The van der Waals surface area contributed by atoms with Gasteiger partial charge in [-0.2, -0.15) is 0 Å². The smallest absolute Gasteiger partial charge is 0.260 e. The first-order valence-corrected chi connectivity index (χ1v) is 11.7. The Morgan fingerprint density at radius 3 is 2.56 bits per heavy atom. The highest BCUT2D eigenvalue weighted by Crippen LogP contribution is 2.27. The minimum Gasteiger partial charge on any atom is -0.389 e. The van der Waals surface area contributed by atoms with E-state index in [1.807, 2.05) is 42.5 Å². The molecule has 4 rings (SSSR count).